The summed E-state index contributed by atoms with van der Waals surface area (Å²) in [4.78, 5) is 32.6. The van der Waals surface area contributed by atoms with Crippen molar-refractivity contribution in [1.82, 2.24) is 35.5 Å². The fourth-order valence-corrected chi connectivity index (χ4v) is 6.68. The lowest BCUT2D eigenvalue weighted by molar-refractivity contribution is -0.119. The summed E-state index contributed by atoms with van der Waals surface area (Å²) in [6.07, 6.45) is 6.01. The highest BCUT2D eigenvalue weighted by atomic mass is 35.5. The van der Waals surface area contributed by atoms with Crippen molar-refractivity contribution in [2.24, 2.45) is 0 Å². The molecule has 0 spiro atoms. The number of hydrogen-bond acceptors (Lipinski definition) is 10. The molecule has 47 heavy (non-hydrogen) atoms. The van der Waals surface area contributed by atoms with E-state index < -0.39 is 0 Å². The van der Waals surface area contributed by atoms with Crippen LogP contribution >= 0.6 is 23.2 Å². The van der Waals surface area contributed by atoms with Gasteiger partial charge in [0.15, 0.2) is 0 Å². The summed E-state index contributed by atoms with van der Waals surface area (Å²) in [5.41, 5.74) is 5.45. The zero-order valence-electron chi connectivity index (χ0n) is 26.6. The molecule has 2 N–H and O–H groups in total. The van der Waals surface area contributed by atoms with Gasteiger partial charge in [-0.1, -0.05) is 59.6 Å². The summed E-state index contributed by atoms with van der Waals surface area (Å²) in [5, 5.41) is 7.25. The first-order valence-electron chi connectivity index (χ1n) is 15.5. The zero-order chi connectivity index (χ0) is 32.9. The molecule has 13 heteroatoms. The highest BCUT2D eigenvalue weighted by Gasteiger charge is 2.25. The van der Waals surface area contributed by atoms with Gasteiger partial charge in [0.05, 0.1) is 54.2 Å². The molecule has 2 aromatic carbocycles. The highest BCUT2D eigenvalue weighted by Crippen LogP contribution is 2.42. The Bertz CT molecular complexity index is 1760. The predicted octanol–water partition coefficient (Wildman–Crippen LogP) is 5.18. The molecule has 4 heterocycles. The minimum Gasteiger partial charge on any atom is -0.480 e. The van der Waals surface area contributed by atoms with Crippen molar-refractivity contribution < 1.29 is 19.0 Å². The highest BCUT2D eigenvalue weighted by molar-refractivity contribution is 6.39. The molecule has 2 aromatic heterocycles. The quantitative estimate of drug-likeness (QED) is 0.207. The minimum atomic E-state index is 0.0862. The topological polar surface area (TPSA) is 124 Å². The lowest BCUT2D eigenvalue weighted by Gasteiger charge is -2.17. The molecule has 2 saturated heterocycles. The fourth-order valence-electron chi connectivity index (χ4n) is 6.03. The van der Waals surface area contributed by atoms with Crippen LogP contribution in [0.5, 0.6) is 11.8 Å². The van der Waals surface area contributed by atoms with E-state index >= 15 is 0 Å². The average molecular weight is 679 g/mol. The number of aromatic nitrogens is 4. The maximum atomic E-state index is 11.5. The molecular formula is C34H37Cl2N7O4. The van der Waals surface area contributed by atoms with E-state index in [0.717, 1.165) is 42.8 Å². The van der Waals surface area contributed by atoms with Crippen LogP contribution in [0.4, 0.5) is 0 Å². The summed E-state index contributed by atoms with van der Waals surface area (Å²) < 4.78 is 16.7. The van der Waals surface area contributed by atoms with Crippen molar-refractivity contribution in [3.63, 3.8) is 0 Å². The van der Waals surface area contributed by atoms with Gasteiger partial charge in [-0.05, 0) is 12.8 Å². The van der Waals surface area contributed by atoms with Crippen LogP contribution in [0.25, 0.3) is 33.6 Å². The average Bonchev–Trinajstić information content (AvgIpc) is 3.73. The molecule has 0 unspecified atom stereocenters. The Morgan fingerprint density at radius 2 is 1.47 bits per heavy atom. The lowest BCUT2D eigenvalue weighted by Crippen LogP contribution is -2.35. The van der Waals surface area contributed by atoms with Crippen LogP contribution in [0, 0.1) is 0 Å². The van der Waals surface area contributed by atoms with Crippen LogP contribution in [0.3, 0.4) is 0 Å². The first kappa shape index (κ1) is 33.0. The van der Waals surface area contributed by atoms with Crippen molar-refractivity contribution >= 4 is 29.1 Å². The molecule has 0 radical (unpaired) electrons. The Kier molecular flexibility index (Phi) is 10.5. The third kappa shape index (κ3) is 7.34. The van der Waals surface area contributed by atoms with Crippen LogP contribution < -0.4 is 20.1 Å². The zero-order valence-corrected chi connectivity index (χ0v) is 28.1. The van der Waals surface area contributed by atoms with Crippen LogP contribution in [0.1, 0.15) is 30.7 Å². The summed E-state index contributed by atoms with van der Waals surface area (Å²) in [6, 6.07) is 11.6. The van der Waals surface area contributed by atoms with Crippen molar-refractivity contribution in [1.29, 1.82) is 0 Å². The maximum Gasteiger partial charge on any atom is 0.237 e. The van der Waals surface area contributed by atoms with E-state index in [1.165, 1.54) is 0 Å². The number of carbonyl (C=O) groups excluding carboxylic acids is 1. The second-order valence-electron chi connectivity index (χ2n) is 11.6. The van der Waals surface area contributed by atoms with Gasteiger partial charge in [0.2, 0.25) is 17.7 Å². The molecule has 2 fully saturated rings. The number of amides is 1. The molecule has 6 rings (SSSR count). The Morgan fingerprint density at radius 3 is 2.02 bits per heavy atom. The molecule has 0 aliphatic carbocycles. The van der Waals surface area contributed by atoms with Crippen molar-refractivity contribution in [2.45, 2.75) is 44.5 Å². The van der Waals surface area contributed by atoms with Gasteiger partial charge in [-0.3, -0.25) is 19.7 Å². The Balaban J connectivity index is 1.23. The van der Waals surface area contributed by atoms with E-state index in [4.69, 9.17) is 52.4 Å². The van der Waals surface area contributed by atoms with Gasteiger partial charge in [-0.25, -0.2) is 9.97 Å². The van der Waals surface area contributed by atoms with E-state index in [0.29, 0.717) is 76.1 Å². The standard InChI is InChI=1S/C34H37Cl2N7O4/c1-45-21-12-13-43(18-21)19-29-34(47-3)42-27(17-39-29)25-9-5-7-23(32(25)36)22-6-4-8-24(31(22)35)26-16-38-28(33(41-26)46-2)15-37-14-20-10-11-30(44)40-20/h4-9,16-17,20-21,37H,10-15,18-19H2,1-3H3,(H,40,44)/t20-,21+/m0/s1. The summed E-state index contributed by atoms with van der Waals surface area (Å²) in [7, 11) is 4.90. The van der Waals surface area contributed by atoms with E-state index in [2.05, 4.69) is 20.5 Å². The smallest absolute Gasteiger partial charge is 0.237 e. The number of ether oxygens (including phenoxy) is 3. The largest absolute Gasteiger partial charge is 0.480 e. The number of methoxy groups -OCH3 is 3. The van der Waals surface area contributed by atoms with Crippen LogP contribution in [0.15, 0.2) is 48.8 Å². The number of nitrogens with zero attached hydrogens (tertiary/aromatic N) is 5. The van der Waals surface area contributed by atoms with Gasteiger partial charge >= 0.3 is 0 Å². The van der Waals surface area contributed by atoms with Gasteiger partial charge in [-0.2, -0.15) is 0 Å². The molecule has 2 atom stereocenters. The van der Waals surface area contributed by atoms with Gasteiger partial charge in [0, 0.05) is 74.6 Å². The number of likely N-dealkylation sites (tertiary alicyclic amines) is 1. The van der Waals surface area contributed by atoms with Crippen LogP contribution in [0.2, 0.25) is 10.0 Å². The second kappa shape index (κ2) is 14.9. The Morgan fingerprint density at radius 1 is 0.872 bits per heavy atom. The van der Waals surface area contributed by atoms with Gasteiger partial charge < -0.3 is 24.8 Å². The first-order valence-corrected chi connectivity index (χ1v) is 16.3. The summed E-state index contributed by atoms with van der Waals surface area (Å²) in [6.45, 7) is 3.49. The van der Waals surface area contributed by atoms with E-state index in [-0.39, 0.29) is 18.1 Å². The third-order valence-corrected chi connectivity index (χ3v) is 9.37. The van der Waals surface area contributed by atoms with Gasteiger partial charge in [0.25, 0.3) is 0 Å². The lowest BCUT2D eigenvalue weighted by atomic mass is 9.98. The first-order chi connectivity index (χ1) is 22.9. The number of carbonyl (C=O) groups is 1. The number of nitrogens with one attached hydrogen (secondary N) is 2. The molecular weight excluding hydrogens is 641 g/mol. The minimum absolute atomic E-state index is 0.0862. The molecule has 2 aliphatic rings. The fraction of sp³-hybridized carbons (Fsp3) is 0.382. The van der Waals surface area contributed by atoms with E-state index in [1.54, 1.807) is 33.7 Å². The van der Waals surface area contributed by atoms with Gasteiger partial charge in [-0.15, -0.1) is 0 Å². The molecule has 4 aromatic rings. The van der Waals surface area contributed by atoms with Gasteiger partial charge in [0.1, 0.15) is 11.4 Å². The monoisotopic (exact) mass is 677 g/mol. The summed E-state index contributed by atoms with van der Waals surface area (Å²) >= 11 is 14.1. The molecule has 246 valence electrons. The molecule has 11 nitrogen and oxygen atoms in total. The van der Waals surface area contributed by atoms with E-state index in [1.807, 2.05) is 36.4 Å². The molecule has 0 saturated carbocycles. The Hall–Kier alpha value is -3.87. The van der Waals surface area contributed by atoms with Crippen molar-refractivity contribution in [3.8, 4) is 45.4 Å². The SMILES string of the molecule is COc1nc(-c2cccc(-c3cccc(-c4cnc(CN5CC[C@@H](OC)C5)c(OC)n4)c3Cl)c2Cl)cnc1CNC[C@@H]1CCC(=O)N1. The van der Waals surface area contributed by atoms with E-state index in [9.17, 15) is 4.79 Å². The van der Waals surface area contributed by atoms with Crippen molar-refractivity contribution in [3.05, 3.63) is 70.2 Å². The van der Waals surface area contributed by atoms with Crippen LogP contribution in [-0.2, 0) is 22.6 Å². The molecule has 1 amide bonds. The number of halogens is 2. The third-order valence-electron chi connectivity index (χ3n) is 8.55. The predicted molar refractivity (Wildman–Crippen MR) is 181 cm³/mol. The maximum absolute atomic E-state index is 11.5. The molecule has 2 aliphatic heterocycles. The van der Waals surface area contributed by atoms with Crippen LogP contribution in [-0.4, -0.2) is 83.9 Å². The van der Waals surface area contributed by atoms with Crippen molar-refractivity contribution in [2.75, 3.05) is 41.0 Å². The normalized spacial score (nSPS) is 18.0. The Labute approximate surface area is 284 Å². The second-order valence-corrected chi connectivity index (χ2v) is 12.3. The number of rotatable bonds is 12. The molecule has 0 bridgehead atoms. The number of benzene rings is 2. The summed E-state index contributed by atoms with van der Waals surface area (Å²) in [5.74, 6) is 0.940. The number of hydrogen-bond donors (Lipinski definition) is 2.